The average Bonchev–Trinajstić information content (AvgIpc) is 2.18. The summed E-state index contributed by atoms with van der Waals surface area (Å²) in [5, 5.41) is 14.0. The Kier molecular flexibility index (Phi) is 5.73. The predicted molar refractivity (Wildman–Crippen MR) is 51.7 cm³/mol. The Morgan fingerprint density at radius 3 is 1.80 bits per heavy atom. The molecule has 0 aliphatic rings. The summed E-state index contributed by atoms with van der Waals surface area (Å²) in [5.74, 6) is 0. The van der Waals surface area contributed by atoms with E-state index in [2.05, 4.69) is 6.58 Å². The zero-order valence-electron chi connectivity index (χ0n) is 7.70. The van der Waals surface area contributed by atoms with Crippen LogP contribution < -0.4 is 0 Å². The van der Waals surface area contributed by atoms with Crippen molar-refractivity contribution in [2.45, 2.75) is 6.18 Å². The molecule has 0 spiro atoms. The Balaban J connectivity index is 0.000000583. The average molecular weight is 217 g/mol. The number of hydrogen-bond donors (Lipinski definition) is 2. The van der Waals surface area contributed by atoms with Gasteiger partial charge < -0.3 is 10.0 Å². The monoisotopic (exact) mass is 217 g/mol. The Labute approximate surface area is 86.0 Å². The second-order valence-corrected chi connectivity index (χ2v) is 2.44. The standard InChI is InChI=1S/C9H7F3.BH2O2/c1-2-7-3-5-8(6-4-7)9(10,11)12;2-1-3/h2-6H,1H2;2-3H. The van der Waals surface area contributed by atoms with Crippen LogP contribution in [0.2, 0.25) is 0 Å². The largest absolute Gasteiger partial charge is 0.482 e. The van der Waals surface area contributed by atoms with Crippen LogP contribution in [-0.2, 0) is 6.18 Å². The SMILES string of the molecule is C=Cc1ccc(C(F)(F)F)cc1.O[B]O. The van der Waals surface area contributed by atoms with Crippen LogP contribution in [0.25, 0.3) is 6.08 Å². The number of halogens is 3. The highest BCUT2D eigenvalue weighted by Crippen LogP contribution is 2.29. The van der Waals surface area contributed by atoms with Gasteiger partial charge in [0.25, 0.3) is 0 Å². The Hall–Kier alpha value is -1.27. The summed E-state index contributed by atoms with van der Waals surface area (Å²) in [7, 11) is 0. The van der Waals surface area contributed by atoms with Crippen LogP contribution in [0, 0.1) is 0 Å². The molecular formula is C9H9BF3O2. The molecule has 0 atom stereocenters. The van der Waals surface area contributed by atoms with E-state index in [0.717, 1.165) is 12.1 Å². The third kappa shape index (κ3) is 5.24. The molecule has 0 aromatic heterocycles. The Bertz CT molecular complexity index is 295. The molecular weight excluding hydrogens is 208 g/mol. The first-order valence-corrected chi connectivity index (χ1v) is 3.85. The molecule has 2 N–H and O–H groups in total. The van der Waals surface area contributed by atoms with Gasteiger partial charge in [0, 0.05) is 0 Å². The van der Waals surface area contributed by atoms with Gasteiger partial charge in [-0.15, -0.1) is 0 Å². The molecule has 2 nitrogen and oxygen atoms in total. The molecule has 0 heterocycles. The Morgan fingerprint density at radius 1 is 1.13 bits per heavy atom. The van der Waals surface area contributed by atoms with Crippen LogP contribution in [0.5, 0.6) is 0 Å². The van der Waals surface area contributed by atoms with Gasteiger partial charge in [-0.25, -0.2) is 0 Å². The summed E-state index contributed by atoms with van der Waals surface area (Å²) in [4.78, 5) is 0. The Morgan fingerprint density at radius 2 is 1.53 bits per heavy atom. The van der Waals surface area contributed by atoms with Crippen molar-refractivity contribution < 1.29 is 23.2 Å². The lowest BCUT2D eigenvalue weighted by atomic mass is 10.1. The highest BCUT2D eigenvalue weighted by molar-refractivity contribution is 6.13. The zero-order valence-corrected chi connectivity index (χ0v) is 7.70. The first-order chi connectivity index (χ1) is 6.95. The second-order valence-electron chi connectivity index (χ2n) is 2.44. The van der Waals surface area contributed by atoms with Gasteiger partial charge in [-0.05, 0) is 17.7 Å². The fraction of sp³-hybridized carbons (Fsp3) is 0.111. The third-order valence-electron chi connectivity index (χ3n) is 1.47. The fourth-order valence-corrected chi connectivity index (χ4v) is 0.808. The molecule has 1 rings (SSSR count). The third-order valence-corrected chi connectivity index (χ3v) is 1.47. The lowest BCUT2D eigenvalue weighted by molar-refractivity contribution is -0.137. The molecule has 0 aliphatic heterocycles. The fourth-order valence-electron chi connectivity index (χ4n) is 0.808. The summed E-state index contributed by atoms with van der Waals surface area (Å²) < 4.78 is 36.0. The van der Waals surface area contributed by atoms with Crippen molar-refractivity contribution in [3.8, 4) is 0 Å². The van der Waals surface area contributed by atoms with E-state index in [1.54, 1.807) is 0 Å². The van der Waals surface area contributed by atoms with Gasteiger partial charge in [-0.3, -0.25) is 0 Å². The number of hydrogen-bond acceptors (Lipinski definition) is 2. The molecule has 1 aromatic rings. The van der Waals surface area contributed by atoms with E-state index in [9.17, 15) is 13.2 Å². The van der Waals surface area contributed by atoms with Crippen LogP contribution in [0.3, 0.4) is 0 Å². The maximum Gasteiger partial charge on any atom is 0.482 e. The topological polar surface area (TPSA) is 40.5 Å². The summed E-state index contributed by atoms with van der Waals surface area (Å²) in [6, 6.07) is 4.85. The van der Waals surface area contributed by atoms with E-state index in [1.165, 1.54) is 18.2 Å². The summed E-state index contributed by atoms with van der Waals surface area (Å²) in [6.07, 6.45) is -2.75. The van der Waals surface area contributed by atoms with E-state index in [4.69, 9.17) is 10.0 Å². The summed E-state index contributed by atoms with van der Waals surface area (Å²) in [5.41, 5.74) is 0.0519. The molecule has 0 saturated heterocycles. The number of alkyl halides is 3. The molecule has 0 amide bonds. The lowest BCUT2D eigenvalue weighted by Crippen LogP contribution is -2.03. The van der Waals surface area contributed by atoms with Gasteiger partial charge in [0.2, 0.25) is 0 Å². The predicted octanol–water partition coefficient (Wildman–Crippen LogP) is 1.85. The van der Waals surface area contributed by atoms with Crippen molar-refractivity contribution in [1.82, 2.24) is 0 Å². The van der Waals surface area contributed by atoms with E-state index >= 15 is 0 Å². The lowest BCUT2D eigenvalue weighted by Gasteiger charge is -2.05. The van der Waals surface area contributed by atoms with Crippen molar-refractivity contribution in [3.63, 3.8) is 0 Å². The molecule has 0 unspecified atom stereocenters. The van der Waals surface area contributed by atoms with Crippen LogP contribution in [-0.4, -0.2) is 17.7 Å². The smallest absolute Gasteiger partial charge is 0.429 e. The number of benzene rings is 1. The normalized spacial score (nSPS) is 9.93. The zero-order chi connectivity index (χ0) is 11.9. The van der Waals surface area contributed by atoms with Crippen molar-refractivity contribution in [3.05, 3.63) is 42.0 Å². The molecule has 0 fully saturated rings. The maximum absolute atomic E-state index is 12.0. The molecule has 0 bridgehead atoms. The van der Waals surface area contributed by atoms with E-state index < -0.39 is 11.7 Å². The molecule has 1 aromatic carbocycles. The van der Waals surface area contributed by atoms with Gasteiger partial charge in [0.15, 0.2) is 0 Å². The first kappa shape index (κ1) is 13.7. The maximum atomic E-state index is 12.0. The summed E-state index contributed by atoms with van der Waals surface area (Å²) in [6.45, 7) is 3.44. The second kappa shape index (κ2) is 6.26. The minimum atomic E-state index is -4.25. The van der Waals surface area contributed by atoms with Crippen LogP contribution in [0.4, 0.5) is 13.2 Å². The molecule has 0 saturated carbocycles. The molecule has 1 radical (unpaired) electrons. The quantitative estimate of drug-likeness (QED) is 0.704. The van der Waals surface area contributed by atoms with Crippen molar-refractivity contribution in [2.75, 3.05) is 0 Å². The van der Waals surface area contributed by atoms with Crippen LogP contribution in [0.15, 0.2) is 30.8 Å². The van der Waals surface area contributed by atoms with Gasteiger partial charge >= 0.3 is 13.9 Å². The van der Waals surface area contributed by atoms with Gasteiger partial charge in [0.1, 0.15) is 0 Å². The molecule has 81 valence electrons. The van der Waals surface area contributed by atoms with E-state index in [1.807, 2.05) is 0 Å². The van der Waals surface area contributed by atoms with Crippen molar-refractivity contribution in [2.24, 2.45) is 0 Å². The number of rotatable bonds is 1. The first-order valence-electron chi connectivity index (χ1n) is 3.85. The minimum absolute atomic E-state index is 0. The van der Waals surface area contributed by atoms with Crippen LogP contribution >= 0.6 is 0 Å². The summed E-state index contributed by atoms with van der Waals surface area (Å²) >= 11 is 0. The van der Waals surface area contributed by atoms with Gasteiger partial charge in [0.05, 0.1) is 5.56 Å². The van der Waals surface area contributed by atoms with E-state index in [-0.39, 0.29) is 7.69 Å². The highest BCUT2D eigenvalue weighted by atomic mass is 19.4. The van der Waals surface area contributed by atoms with Crippen molar-refractivity contribution in [1.29, 1.82) is 0 Å². The minimum Gasteiger partial charge on any atom is -0.429 e. The van der Waals surface area contributed by atoms with Crippen molar-refractivity contribution >= 4 is 13.8 Å². The highest BCUT2D eigenvalue weighted by Gasteiger charge is 2.29. The van der Waals surface area contributed by atoms with Gasteiger partial charge in [-0.1, -0.05) is 24.8 Å². The van der Waals surface area contributed by atoms with E-state index in [0.29, 0.717) is 5.56 Å². The van der Waals surface area contributed by atoms with Gasteiger partial charge in [-0.2, -0.15) is 13.2 Å². The molecule has 15 heavy (non-hydrogen) atoms. The molecule has 0 aliphatic carbocycles. The van der Waals surface area contributed by atoms with Crippen LogP contribution in [0.1, 0.15) is 11.1 Å². The molecule has 6 heteroatoms.